The molecule has 0 radical (unpaired) electrons. The van der Waals surface area contributed by atoms with E-state index in [4.69, 9.17) is 9.68 Å². The van der Waals surface area contributed by atoms with Gasteiger partial charge in [0.1, 0.15) is 6.07 Å². The van der Waals surface area contributed by atoms with Gasteiger partial charge in [0, 0.05) is 5.69 Å². The molecule has 0 saturated heterocycles. The molecule has 1 aromatic carbocycles. The Labute approximate surface area is 118 Å². The lowest BCUT2D eigenvalue weighted by Crippen LogP contribution is -2.08. The molecular weight excluding hydrogens is 252 g/mol. The van der Waals surface area contributed by atoms with Gasteiger partial charge in [-0.25, -0.2) is 0 Å². The molecule has 2 aromatic rings. The van der Waals surface area contributed by atoms with Crippen molar-refractivity contribution in [3.8, 4) is 6.07 Å². The van der Waals surface area contributed by atoms with Crippen molar-refractivity contribution in [2.24, 2.45) is 0 Å². The van der Waals surface area contributed by atoms with E-state index in [0.717, 1.165) is 12.1 Å². The maximum absolute atomic E-state index is 9.98. The van der Waals surface area contributed by atoms with Crippen molar-refractivity contribution in [3.63, 3.8) is 0 Å². The fourth-order valence-corrected chi connectivity index (χ4v) is 1.94. The van der Waals surface area contributed by atoms with Crippen molar-refractivity contribution >= 4 is 5.69 Å². The second kappa shape index (κ2) is 6.78. The monoisotopic (exact) mass is 270 g/mol. The number of anilines is 1. The number of aliphatic hydroxyl groups excluding tert-OH is 1. The summed E-state index contributed by atoms with van der Waals surface area (Å²) >= 11 is 0. The van der Waals surface area contributed by atoms with Gasteiger partial charge in [0.15, 0.2) is 12.0 Å². The highest BCUT2D eigenvalue weighted by Gasteiger charge is 2.12. The summed E-state index contributed by atoms with van der Waals surface area (Å²) in [5.74, 6) is 0.521. The summed E-state index contributed by atoms with van der Waals surface area (Å²) in [5.41, 5.74) is 2.10. The van der Waals surface area contributed by atoms with Crippen LogP contribution in [0.25, 0.3) is 0 Å². The molecule has 4 heteroatoms. The van der Waals surface area contributed by atoms with Crippen LogP contribution in [0.2, 0.25) is 0 Å². The number of nitriles is 1. The second-order valence-corrected chi connectivity index (χ2v) is 4.66. The predicted molar refractivity (Wildman–Crippen MR) is 77.1 cm³/mol. The number of aryl methyl sites for hydroxylation is 1. The molecule has 1 heterocycles. The third-order valence-electron chi connectivity index (χ3n) is 3.08. The smallest absolute Gasteiger partial charge is 0.203 e. The van der Waals surface area contributed by atoms with Crippen molar-refractivity contribution in [2.75, 3.05) is 5.32 Å². The van der Waals surface area contributed by atoms with Crippen molar-refractivity contribution in [1.82, 2.24) is 0 Å². The summed E-state index contributed by atoms with van der Waals surface area (Å²) < 4.78 is 5.17. The fourth-order valence-electron chi connectivity index (χ4n) is 1.94. The van der Waals surface area contributed by atoms with Gasteiger partial charge in [-0.15, -0.1) is 0 Å². The first kappa shape index (κ1) is 14.2. The number of nitrogens with zero attached hydrogens (tertiary/aromatic N) is 1. The molecule has 104 valence electrons. The Hall–Kier alpha value is -2.25. The summed E-state index contributed by atoms with van der Waals surface area (Å²) in [4.78, 5) is 0. The second-order valence-electron chi connectivity index (χ2n) is 4.66. The average Bonchev–Trinajstić information content (AvgIpc) is 2.95. The van der Waals surface area contributed by atoms with Gasteiger partial charge in [-0.2, -0.15) is 5.26 Å². The average molecular weight is 270 g/mol. The lowest BCUT2D eigenvalue weighted by atomic mass is 10.1. The number of benzene rings is 1. The molecule has 2 rings (SSSR count). The van der Waals surface area contributed by atoms with Crippen LogP contribution < -0.4 is 5.32 Å². The Bertz CT molecular complexity index is 581. The molecule has 2 N–H and O–H groups in total. The molecule has 0 aliphatic rings. The van der Waals surface area contributed by atoms with Crippen molar-refractivity contribution in [1.29, 1.82) is 5.26 Å². The summed E-state index contributed by atoms with van der Waals surface area (Å²) in [7, 11) is 0. The van der Waals surface area contributed by atoms with Crippen molar-refractivity contribution < 1.29 is 9.52 Å². The van der Waals surface area contributed by atoms with Crippen LogP contribution >= 0.6 is 0 Å². The molecule has 0 bridgehead atoms. The number of hydrogen-bond acceptors (Lipinski definition) is 4. The van der Waals surface area contributed by atoms with E-state index in [9.17, 15) is 5.11 Å². The molecule has 0 saturated carbocycles. The molecule has 0 spiro atoms. The predicted octanol–water partition coefficient (Wildman–Crippen LogP) is 3.60. The topological polar surface area (TPSA) is 69.2 Å². The van der Waals surface area contributed by atoms with Crippen molar-refractivity contribution in [3.05, 3.63) is 53.5 Å². The largest absolute Gasteiger partial charge is 0.446 e. The molecule has 0 fully saturated rings. The Morgan fingerprint density at radius 2 is 2.00 bits per heavy atom. The van der Waals surface area contributed by atoms with E-state index < -0.39 is 6.23 Å². The third-order valence-corrected chi connectivity index (χ3v) is 3.08. The number of rotatable bonds is 6. The van der Waals surface area contributed by atoms with Gasteiger partial charge < -0.3 is 14.8 Å². The van der Waals surface area contributed by atoms with E-state index >= 15 is 0 Å². The maximum Gasteiger partial charge on any atom is 0.203 e. The summed E-state index contributed by atoms with van der Waals surface area (Å²) in [6.07, 6.45) is 2.47. The van der Waals surface area contributed by atoms with Crippen LogP contribution in [0.15, 0.2) is 40.8 Å². The Morgan fingerprint density at radius 3 is 2.60 bits per heavy atom. The van der Waals surface area contributed by atoms with Crippen LogP contribution in [0.1, 0.15) is 43.1 Å². The molecule has 4 nitrogen and oxygen atoms in total. The van der Waals surface area contributed by atoms with E-state index in [1.807, 2.05) is 30.3 Å². The zero-order valence-electron chi connectivity index (χ0n) is 11.5. The molecule has 1 aromatic heterocycles. The van der Waals surface area contributed by atoms with Crippen molar-refractivity contribution in [2.45, 2.75) is 32.4 Å². The van der Waals surface area contributed by atoms with Crippen LogP contribution in [0.5, 0.6) is 0 Å². The molecule has 1 unspecified atom stereocenters. The zero-order valence-corrected chi connectivity index (χ0v) is 11.5. The van der Waals surface area contributed by atoms with Gasteiger partial charge in [-0.1, -0.05) is 25.5 Å². The minimum absolute atomic E-state index is 0.191. The SMILES string of the molecule is CCCCc1ccc(NC(O)c2ccc(C#N)o2)cc1. The van der Waals surface area contributed by atoms with Crippen LogP contribution in [-0.4, -0.2) is 5.11 Å². The highest BCUT2D eigenvalue weighted by molar-refractivity contribution is 5.45. The van der Waals surface area contributed by atoms with E-state index in [2.05, 4.69) is 12.2 Å². The first-order valence-electron chi connectivity index (χ1n) is 6.76. The minimum Gasteiger partial charge on any atom is -0.446 e. The van der Waals surface area contributed by atoms with Gasteiger partial charge in [-0.3, -0.25) is 0 Å². The summed E-state index contributed by atoms with van der Waals surface area (Å²) in [6.45, 7) is 2.17. The normalized spacial score (nSPS) is 11.8. The first-order chi connectivity index (χ1) is 9.72. The number of aliphatic hydroxyl groups is 1. The molecule has 0 aliphatic carbocycles. The standard InChI is InChI=1S/C16H18N2O2/c1-2-3-4-12-5-7-13(8-6-12)18-16(19)15-10-9-14(11-17)20-15/h5-10,16,18-19H,2-4H2,1H3. The van der Waals surface area contributed by atoms with E-state index in [1.165, 1.54) is 24.5 Å². The molecule has 1 atom stereocenters. The molecular formula is C16H18N2O2. The summed E-state index contributed by atoms with van der Waals surface area (Å²) in [6, 6.07) is 13.0. The van der Waals surface area contributed by atoms with Gasteiger partial charge in [0.2, 0.25) is 5.76 Å². The molecule has 20 heavy (non-hydrogen) atoms. The van der Waals surface area contributed by atoms with E-state index in [-0.39, 0.29) is 5.76 Å². The number of furan rings is 1. The third kappa shape index (κ3) is 3.62. The Kier molecular flexibility index (Phi) is 4.80. The van der Waals surface area contributed by atoms with Crippen LogP contribution in [-0.2, 0) is 6.42 Å². The van der Waals surface area contributed by atoms with Gasteiger partial charge in [0.25, 0.3) is 0 Å². The highest BCUT2D eigenvalue weighted by Crippen LogP contribution is 2.20. The number of hydrogen-bond donors (Lipinski definition) is 2. The van der Waals surface area contributed by atoms with Crippen LogP contribution in [0, 0.1) is 11.3 Å². The molecule has 0 aliphatic heterocycles. The van der Waals surface area contributed by atoms with E-state index in [1.54, 1.807) is 6.07 Å². The maximum atomic E-state index is 9.98. The van der Waals surface area contributed by atoms with Crippen LogP contribution in [0.4, 0.5) is 5.69 Å². The van der Waals surface area contributed by atoms with E-state index in [0.29, 0.717) is 5.76 Å². The Morgan fingerprint density at radius 1 is 1.25 bits per heavy atom. The highest BCUT2D eigenvalue weighted by atomic mass is 16.4. The molecule has 0 amide bonds. The first-order valence-corrected chi connectivity index (χ1v) is 6.76. The summed E-state index contributed by atoms with van der Waals surface area (Å²) in [5, 5.41) is 21.6. The lowest BCUT2D eigenvalue weighted by Gasteiger charge is -2.12. The lowest BCUT2D eigenvalue weighted by molar-refractivity contribution is 0.177. The minimum atomic E-state index is -0.960. The Balaban J connectivity index is 1.97. The number of unbranched alkanes of at least 4 members (excludes halogenated alkanes) is 1. The number of nitrogens with one attached hydrogen (secondary N) is 1. The van der Waals surface area contributed by atoms with Crippen LogP contribution in [0.3, 0.4) is 0 Å². The van der Waals surface area contributed by atoms with Gasteiger partial charge in [-0.05, 0) is 42.7 Å². The van der Waals surface area contributed by atoms with Gasteiger partial charge >= 0.3 is 0 Å². The quantitative estimate of drug-likeness (QED) is 0.787. The van der Waals surface area contributed by atoms with Gasteiger partial charge in [0.05, 0.1) is 0 Å². The zero-order chi connectivity index (χ0) is 14.4. The fraction of sp³-hybridized carbons (Fsp3) is 0.312.